The highest BCUT2D eigenvalue weighted by Gasteiger charge is 2.26. The molecule has 9 heavy (non-hydrogen) atoms. The number of hydrogen-bond acceptors (Lipinski definition) is 2. The third-order valence-corrected chi connectivity index (χ3v) is 2.03. The second-order valence-electron chi connectivity index (χ2n) is 3.11. The Hall–Kier alpha value is -0.0800. The molecule has 1 aliphatic rings. The van der Waals surface area contributed by atoms with Gasteiger partial charge in [-0.05, 0) is 5.92 Å². The molecule has 0 amide bonds. The molecule has 1 saturated heterocycles. The van der Waals surface area contributed by atoms with E-state index in [9.17, 15) is 0 Å². The van der Waals surface area contributed by atoms with Gasteiger partial charge in [-0.2, -0.15) is 0 Å². The van der Waals surface area contributed by atoms with Crippen molar-refractivity contribution in [3.63, 3.8) is 0 Å². The molecule has 0 aromatic rings. The maximum atomic E-state index is 5.75. The first-order valence-electron chi connectivity index (χ1n) is 3.55. The second-order valence-corrected chi connectivity index (χ2v) is 3.11. The Kier molecular flexibility index (Phi) is 2.09. The summed E-state index contributed by atoms with van der Waals surface area (Å²) < 4.78 is 5.21. The third kappa shape index (κ3) is 1.43. The highest BCUT2D eigenvalue weighted by Crippen LogP contribution is 2.19. The number of hydrogen-bond donors (Lipinski definition) is 1. The molecule has 0 aliphatic carbocycles. The van der Waals surface area contributed by atoms with Gasteiger partial charge in [-0.15, -0.1) is 0 Å². The molecule has 54 valence electrons. The zero-order valence-electron chi connectivity index (χ0n) is 6.13. The maximum absolute atomic E-state index is 5.75. The van der Waals surface area contributed by atoms with Gasteiger partial charge in [0.05, 0.1) is 13.2 Å². The quantitative estimate of drug-likeness (QED) is 0.563. The lowest BCUT2D eigenvalue weighted by atomic mass is 9.92. The van der Waals surface area contributed by atoms with Crippen molar-refractivity contribution in [2.24, 2.45) is 17.6 Å². The molecular formula is C7H15NO. The molecule has 1 heterocycles. The van der Waals surface area contributed by atoms with Crippen LogP contribution in [0.1, 0.15) is 13.8 Å². The van der Waals surface area contributed by atoms with Crippen molar-refractivity contribution in [1.29, 1.82) is 0 Å². The predicted octanol–water partition coefficient (Wildman–Crippen LogP) is 0.616. The fraction of sp³-hybridized carbons (Fsp3) is 1.00. The molecular weight excluding hydrogens is 114 g/mol. The van der Waals surface area contributed by atoms with Crippen molar-refractivity contribution in [1.82, 2.24) is 0 Å². The van der Waals surface area contributed by atoms with E-state index in [4.69, 9.17) is 10.5 Å². The summed E-state index contributed by atoms with van der Waals surface area (Å²) in [6, 6.07) is 0.282. The summed E-state index contributed by atoms with van der Waals surface area (Å²) in [5.74, 6) is 1.26. The van der Waals surface area contributed by atoms with Crippen LogP contribution in [0.4, 0.5) is 0 Å². The van der Waals surface area contributed by atoms with Gasteiger partial charge in [-0.3, -0.25) is 0 Å². The van der Waals surface area contributed by atoms with E-state index in [2.05, 4.69) is 13.8 Å². The monoisotopic (exact) mass is 129 g/mol. The molecule has 0 aromatic heterocycles. The first-order valence-corrected chi connectivity index (χ1v) is 3.55. The van der Waals surface area contributed by atoms with Crippen molar-refractivity contribution in [3.8, 4) is 0 Å². The summed E-state index contributed by atoms with van der Waals surface area (Å²) in [6.45, 7) is 6.00. The van der Waals surface area contributed by atoms with Gasteiger partial charge in [0.1, 0.15) is 0 Å². The van der Waals surface area contributed by atoms with Gasteiger partial charge in [0.2, 0.25) is 0 Å². The van der Waals surface area contributed by atoms with Crippen LogP contribution in [-0.4, -0.2) is 19.3 Å². The molecule has 1 rings (SSSR count). The topological polar surface area (TPSA) is 35.2 Å². The van der Waals surface area contributed by atoms with E-state index in [1.807, 2.05) is 0 Å². The summed E-state index contributed by atoms with van der Waals surface area (Å²) in [5, 5.41) is 0. The van der Waals surface area contributed by atoms with Gasteiger partial charge in [-0.25, -0.2) is 0 Å². The van der Waals surface area contributed by atoms with E-state index in [1.165, 1.54) is 0 Å². The molecule has 0 aromatic carbocycles. The molecule has 0 radical (unpaired) electrons. The first kappa shape index (κ1) is 7.03. The Bertz CT molecular complexity index is 92.9. The van der Waals surface area contributed by atoms with E-state index in [1.54, 1.807) is 0 Å². The largest absolute Gasteiger partial charge is 0.379 e. The predicted molar refractivity (Wildman–Crippen MR) is 37.1 cm³/mol. The van der Waals surface area contributed by atoms with Crippen LogP contribution in [0.3, 0.4) is 0 Å². The van der Waals surface area contributed by atoms with E-state index >= 15 is 0 Å². The molecule has 2 heteroatoms. The minimum absolute atomic E-state index is 0.282. The minimum Gasteiger partial charge on any atom is -0.379 e. The highest BCUT2D eigenvalue weighted by molar-refractivity contribution is 4.79. The van der Waals surface area contributed by atoms with Crippen LogP contribution in [-0.2, 0) is 4.74 Å². The second kappa shape index (κ2) is 2.67. The summed E-state index contributed by atoms with van der Waals surface area (Å²) in [6.07, 6.45) is 0. The summed E-state index contributed by atoms with van der Waals surface area (Å²) in [7, 11) is 0. The average molecular weight is 129 g/mol. The van der Waals surface area contributed by atoms with Gasteiger partial charge >= 0.3 is 0 Å². The van der Waals surface area contributed by atoms with Crippen LogP contribution in [0.2, 0.25) is 0 Å². The lowest BCUT2D eigenvalue weighted by Gasteiger charge is -2.16. The maximum Gasteiger partial charge on any atom is 0.0621 e. The summed E-state index contributed by atoms with van der Waals surface area (Å²) in [5.41, 5.74) is 5.75. The van der Waals surface area contributed by atoms with Gasteiger partial charge in [0.25, 0.3) is 0 Å². The Labute approximate surface area is 56.4 Å². The van der Waals surface area contributed by atoms with Crippen molar-refractivity contribution < 1.29 is 4.74 Å². The zero-order valence-corrected chi connectivity index (χ0v) is 6.13. The summed E-state index contributed by atoms with van der Waals surface area (Å²) >= 11 is 0. The van der Waals surface area contributed by atoms with Crippen LogP contribution >= 0.6 is 0 Å². The van der Waals surface area contributed by atoms with Crippen LogP contribution in [0.5, 0.6) is 0 Å². The Morgan fingerprint density at radius 2 is 2.11 bits per heavy atom. The van der Waals surface area contributed by atoms with Crippen molar-refractivity contribution >= 4 is 0 Å². The third-order valence-electron chi connectivity index (χ3n) is 2.03. The Morgan fingerprint density at radius 3 is 2.33 bits per heavy atom. The highest BCUT2D eigenvalue weighted by atomic mass is 16.5. The van der Waals surface area contributed by atoms with Crippen LogP contribution in [0.15, 0.2) is 0 Å². The minimum atomic E-state index is 0.282. The fourth-order valence-corrected chi connectivity index (χ4v) is 1.27. The molecule has 2 nitrogen and oxygen atoms in total. The molecule has 0 saturated carbocycles. The standard InChI is InChI=1S/C7H15NO/c1-5(2)6-3-9-4-7(6)8/h5-7H,3-4,8H2,1-2H3/t6-,7+/m0/s1. The van der Waals surface area contributed by atoms with Gasteiger partial charge < -0.3 is 10.5 Å². The number of rotatable bonds is 1. The van der Waals surface area contributed by atoms with E-state index in [-0.39, 0.29) is 6.04 Å². The zero-order chi connectivity index (χ0) is 6.85. The lowest BCUT2D eigenvalue weighted by Crippen LogP contribution is -2.31. The molecule has 0 bridgehead atoms. The molecule has 0 spiro atoms. The van der Waals surface area contributed by atoms with E-state index < -0.39 is 0 Å². The summed E-state index contributed by atoms with van der Waals surface area (Å²) in [4.78, 5) is 0. The van der Waals surface area contributed by atoms with Crippen LogP contribution in [0.25, 0.3) is 0 Å². The van der Waals surface area contributed by atoms with Crippen molar-refractivity contribution in [2.75, 3.05) is 13.2 Å². The number of nitrogens with two attached hydrogens (primary N) is 1. The normalized spacial score (nSPS) is 36.0. The SMILES string of the molecule is CC(C)[C@@H]1COC[C@H]1N. The van der Waals surface area contributed by atoms with E-state index in [0.29, 0.717) is 11.8 Å². The first-order chi connectivity index (χ1) is 4.22. The molecule has 2 N–H and O–H groups in total. The molecule has 1 fully saturated rings. The molecule has 1 aliphatic heterocycles. The van der Waals surface area contributed by atoms with Gasteiger partial charge in [0.15, 0.2) is 0 Å². The average Bonchev–Trinajstić information content (AvgIpc) is 2.13. The van der Waals surface area contributed by atoms with E-state index in [0.717, 1.165) is 13.2 Å². The molecule has 0 unspecified atom stereocenters. The molecule has 2 atom stereocenters. The van der Waals surface area contributed by atoms with Gasteiger partial charge in [-0.1, -0.05) is 13.8 Å². The van der Waals surface area contributed by atoms with Crippen molar-refractivity contribution in [2.45, 2.75) is 19.9 Å². The lowest BCUT2D eigenvalue weighted by molar-refractivity contribution is 0.176. The van der Waals surface area contributed by atoms with Crippen LogP contribution in [0, 0.1) is 11.8 Å². The smallest absolute Gasteiger partial charge is 0.0621 e. The Morgan fingerprint density at radius 1 is 1.44 bits per heavy atom. The Balaban J connectivity index is 2.40. The van der Waals surface area contributed by atoms with Gasteiger partial charge in [0, 0.05) is 12.0 Å². The fourth-order valence-electron chi connectivity index (χ4n) is 1.27. The number of ether oxygens (including phenoxy) is 1. The van der Waals surface area contributed by atoms with Crippen molar-refractivity contribution in [3.05, 3.63) is 0 Å². The van der Waals surface area contributed by atoms with Crippen LogP contribution < -0.4 is 5.73 Å².